The molecule has 110 valence electrons. The Hall–Kier alpha value is -1.26. The van der Waals surface area contributed by atoms with Gasteiger partial charge in [0.15, 0.2) is 0 Å². The SMILES string of the molecule is CCN(CC)C1CCN(c2cc(Cl)ccc2C(=O)O)C1. The van der Waals surface area contributed by atoms with E-state index in [1.54, 1.807) is 18.2 Å². The number of hydrogen-bond acceptors (Lipinski definition) is 3. The molecule has 1 fully saturated rings. The maximum atomic E-state index is 11.3. The van der Waals surface area contributed by atoms with Crippen molar-refractivity contribution in [1.82, 2.24) is 4.90 Å². The molecule has 0 radical (unpaired) electrons. The van der Waals surface area contributed by atoms with Gasteiger partial charge in [-0.1, -0.05) is 25.4 Å². The van der Waals surface area contributed by atoms with E-state index in [1.807, 2.05) is 0 Å². The normalized spacial score (nSPS) is 18.8. The third kappa shape index (κ3) is 3.07. The van der Waals surface area contributed by atoms with Crippen LogP contribution in [0, 0.1) is 0 Å². The molecule has 20 heavy (non-hydrogen) atoms. The molecule has 0 saturated carbocycles. The van der Waals surface area contributed by atoms with Crippen LogP contribution in [0.5, 0.6) is 0 Å². The second-order valence-electron chi connectivity index (χ2n) is 5.08. The number of halogens is 1. The molecule has 1 aromatic carbocycles. The van der Waals surface area contributed by atoms with Gasteiger partial charge in [-0.3, -0.25) is 4.90 Å². The lowest BCUT2D eigenvalue weighted by Crippen LogP contribution is -2.37. The lowest BCUT2D eigenvalue weighted by molar-refractivity contribution is 0.0697. The minimum Gasteiger partial charge on any atom is -0.478 e. The standard InChI is InChI=1S/C15H21ClN2O2/c1-3-17(4-2)12-7-8-18(10-12)14-9-11(16)5-6-13(14)15(19)20/h5-6,9,12H,3-4,7-8,10H2,1-2H3,(H,19,20). The molecule has 0 amide bonds. The van der Waals surface area contributed by atoms with E-state index in [-0.39, 0.29) is 0 Å². The van der Waals surface area contributed by atoms with E-state index in [0.717, 1.165) is 38.3 Å². The first-order chi connectivity index (χ1) is 9.56. The summed E-state index contributed by atoms with van der Waals surface area (Å²) >= 11 is 6.02. The zero-order valence-corrected chi connectivity index (χ0v) is 12.7. The van der Waals surface area contributed by atoms with Gasteiger partial charge in [-0.25, -0.2) is 4.79 Å². The fourth-order valence-corrected chi connectivity index (χ4v) is 3.11. The summed E-state index contributed by atoms with van der Waals surface area (Å²) in [6, 6.07) is 5.47. The number of carboxylic acids is 1. The molecule has 0 spiro atoms. The number of rotatable bonds is 5. The number of carbonyl (C=O) groups is 1. The Morgan fingerprint density at radius 1 is 1.45 bits per heavy atom. The highest BCUT2D eigenvalue weighted by atomic mass is 35.5. The molecule has 4 nitrogen and oxygen atoms in total. The predicted molar refractivity (Wildman–Crippen MR) is 82.0 cm³/mol. The summed E-state index contributed by atoms with van der Waals surface area (Å²) in [6.45, 7) is 8.11. The number of benzene rings is 1. The van der Waals surface area contributed by atoms with Crippen molar-refractivity contribution >= 4 is 23.3 Å². The van der Waals surface area contributed by atoms with Gasteiger partial charge < -0.3 is 10.0 Å². The molecule has 5 heteroatoms. The van der Waals surface area contributed by atoms with Gasteiger partial charge in [0.2, 0.25) is 0 Å². The third-order valence-corrected chi connectivity index (χ3v) is 4.26. The number of likely N-dealkylation sites (N-methyl/N-ethyl adjacent to an activating group) is 1. The number of hydrogen-bond donors (Lipinski definition) is 1. The molecule has 1 aliphatic heterocycles. The Morgan fingerprint density at radius 3 is 2.75 bits per heavy atom. The van der Waals surface area contributed by atoms with Crippen molar-refractivity contribution in [3.05, 3.63) is 28.8 Å². The summed E-state index contributed by atoms with van der Waals surface area (Å²) in [4.78, 5) is 15.9. The monoisotopic (exact) mass is 296 g/mol. The molecule has 1 aliphatic rings. The molecule has 0 bridgehead atoms. The van der Waals surface area contributed by atoms with Gasteiger partial charge in [0, 0.05) is 24.2 Å². The molecule has 1 heterocycles. The number of nitrogens with zero attached hydrogens (tertiary/aromatic N) is 2. The van der Waals surface area contributed by atoms with Crippen LogP contribution in [0.4, 0.5) is 5.69 Å². The lowest BCUT2D eigenvalue weighted by Gasteiger charge is -2.27. The van der Waals surface area contributed by atoms with Gasteiger partial charge in [0.1, 0.15) is 0 Å². The van der Waals surface area contributed by atoms with E-state index < -0.39 is 5.97 Å². The number of carboxylic acid groups (broad SMARTS) is 1. The maximum Gasteiger partial charge on any atom is 0.337 e. The van der Waals surface area contributed by atoms with Crippen LogP contribution in [0.1, 0.15) is 30.6 Å². The van der Waals surface area contributed by atoms with Crippen molar-refractivity contribution in [3.63, 3.8) is 0 Å². The molecule has 1 N–H and O–H groups in total. The fraction of sp³-hybridized carbons (Fsp3) is 0.533. The van der Waals surface area contributed by atoms with Crippen molar-refractivity contribution in [1.29, 1.82) is 0 Å². The van der Waals surface area contributed by atoms with E-state index in [2.05, 4.69) is 23.6 Å². The van der Waals surface area contributed by atoms with Crippen LogP contribution in [-0.4, -0.2) is 48.2 Å². The first-order valence-corrected chi connectivity index (χ1v) is 7.46. The summed E-state index contributed by atoms with van der Waals surface area (Å²) in [7, 11) is 0. The Bertz CT molecular complexity index is 489. The molecule has 2 rings (SSSR count). The van der Waals surface area contributed by atoms with Crippen molar-refractivity contribution in [2.24, 2.45) is 0 Å². The number of aromatic carboxylic acids is 1. The van der Waals surface area contributed by atoms with E-state index >= 15 is 0 Å². The van der Waals surface area contributed by atoms with Crippen molar-refractivity contribution in [3.8, 4) is 0 Å². The highest BCUT2D eigenvalue weighted by Crippen LogP contribution is 2.29. The topological polar surface area (TPSA) is 43.8 Å². The Morgan fingerprint density at radius 2 is 2.15 bits per heavy atom. The van der Waals surface area contributed by atoms with Crippen LogP contribution >= 0.6 is 11.6 Å². The molecule has 0 aromatic heterocycles. The van der Waals surface area contributed by atoms with Crippen molar-refractivity contribution in [2.45, 2.75) is 26.3 Å². The highest BCUT2D eigenvalue weighted by molar-refractivity contribution is 6.31. The summed E-state index contributed by atoms with van der Waals surface area (Å²) < 4.78 is 0. The zero-order valence-electron chi connectivity index (χ0n) is 12.0. The Kier molecular flexibility index (Phi) is 4.89. The van der Waals surface area contributed by atoms with Gasteiger partial charge in [0.25, 0.3) is 0 Å². The molecule has 1 atom stereocenters. The van der Waals surface area contributed by atoms with Crippen LogP contribution in [0.2, 0.25) is 5.02 Å². The average molecular weight is 297 g/mol. The van der Waals surface area contributed by atoms with E-state index in [1.165, 1.54) is 0 Å². The molecule has 1 unspecified atom stereocenters. The smallest absolute Gasteiger partial charge is 0.337 e. The molecule has 1 saturated heterocycles. The van der Waals surface area contributed by atoms with Gasteiger partial charge in [-0.15, -0.1) is 0 Å². The molecule has 1 aromatic rings. The Labute approximate surface area is 124 Å². The van der Waals surface area contributed by atoms with Crippen LogP contribution < -0.4 is 4.90 Å². The van der Waals surface area contributed by atoms with Crippen molar-refractivity contribution in [2.75, 3.05) is 31.1 Å². The summed E-state index contributed by atoms with van der Waals surface area (Å²) in [6.07, 6.45) is 1.06. The van der Waals surface area contributed by atoms with Gasteiger partial charge in [-0.05, 0) is 37.7 Å². The predicted octanol–water partition coefficient (Wildman–Crippen LogP) is 2.96. The molecule has 0 aliphatic carbocycles. The fourth-order valence-electron chi connectivity index (χ4n) is 2.95. The van der Waals surface area contributed by atoms with Crippen LogP contribution in [-0.2, 0) is 0 Å². The largest absolute Gasteiger partial charge is 0.478 e. The Balaban J connectivity index is 2.21. The highest BCUT2D eigenvalue weighted by Gasteiger charge is 2.28. The quantitative estimate of drug-likeness (QED) is 0.907. The number of anilines is 1. The molecular weight excluding hydrogens is 276 g/mol. The minimum absolute atomic E-state index is 0.328. The first kappa shape index (κ1) is 15.1. The first-order valence-electron chi connectivity index (χ1n) is 7.08. The third-order valence-electron chi connectivity index (χ3n) is 4.02. The second kappa shape index (κ2) is 6.46. The van der Waals surface area contributed by atoms with Gasteiger partial charge in [-0.2, -0.15) is 0 Å². The zero-order chi connectivity index (χ0) is 14.7. The van der Waals surface area contributed by atoms with Crippen molar-refractivity contribution < 1.29 is 9.90 Å². The van der Waals surface area contributed by atoms with Gasteiger partial charge in [0.05, 0.1) is 11.3 Å². The van der Waals surface area contributed by atoms with Crippen LogP contribution in [0.15, 0.2) is 18.2 Å². The maximum absolute atomic E-state index is 11.3. The van der Waals surface area contributed by atoms with Crippen LogP contribution in [0.3, 0.4) is 0 Å². The van der Waals surface area contributed by atoms with E-state index in [9.17, 15) is 9.90 Å². The van der Waals surface area contributed by atoms with Crippen LogP contribution in [0.25, 0.3) is 0 Å². The lowest BCUT2D eigenvalue weighted by atomic mass is 10.1. The van der Waals surface area contributed by atoms with Gasteiger partial charge >= 0.3 is 5.97 Å². The van der Waals surface area contributed by atoms with E-state index in [4.69, 9.17) is 11.6 Å². The summed E-state index contributed by atoms with van der Waals surface area (Å²) in [5.74, 6) is -0.900. The summed E-state index contributed by atoms with van der Waals surface area (Å²) in [5.41, 5.74) is 1.06. The summed E-state index contributed by atoms with van der Waals surface area (Å²) in [5, 5.41) is 9.88. The van der Waals surface area contributed by atoms with E-state index in [0.29, 0.717) is 16.6 Å². The average Bonchev–Trinajstić information content (AvgIpc) is 2.89. The minimum atomic E-state index is -0.900. The second-order valence-corrected chi connectivity index (χ2v) is 5.51. The molecular formula is C15H21ClN2O2.